The van der Waals surface area contributed by atoms with Crippen molar-refractivity contribution >= 4 is 37.3 Å². The highest BCUT2D eigenvalue weighted by molar-refractivity contribution is 9.11. The highest BCUT2D eigenvalue weighted by atomic mass is 79.9. The standard InChI is InChI=1S/C15H19BrN2O2S2/c1-17(2)10-11-18(12-13-6-4-3-5-7-13)22(19,20)15-9-8-14(16)21-15/h3-9H,10-12H2,1-2H3. The first-order valence-electron chi connectivity index (χ1n) is 6.84. The second-order valence-corrected chi connectivity index (χ2v) is 9.81. The Kier molecular flexibility index (Phi) is 6.17. The van der Waals surface area contributed by atoms with Crippen LogP contribution in [0.2, 0.25) is 0 Å². The fraction of sp³-hybridized carbons (Fsp3) is 0.333. The number of sulfonamides is 1. The molecule has 0 saturated heterocycles. The average molecular weight is 403 g/mol. The maximum atomic E-state index is 12.9. The SMILES string of the molecule is CN(C)CCN(Cc1ccccc1)S(=O)(=O)c1ccc(Br)s1. The second-order valence-electron chi connectivity index (χ2n) is 5.19. The molecule has 2 aromatic rings. The summed E-state index contributed by atoms with van der Waals surface area (Å²) in [7, 11) is 0.400. The molecule has 2 rings (SSSR count). The second kappa shape index (κ2) is 7.70. The molecule has 0 bridgehead atoms. The molecule has 0 radical (unpaired) electrons. The van der Waals surface area contributed by atoms with Gasteiger partial charge in [-0.25, -0.2) is 8.42 Å². The third kappa shape index (κ3) is 4.63. The molecule has 0 aliphatic heterocycles. The minimum atomic E-state index is -3.48. The van der Waals surface area contributed by atoms with Crippen molar-refractivity contribution in [2.75, 3.05) is 27.2 Å². The van der Waals surface area contributed by atoms with Gasteiger partial charge in [-0.05, 0) is 47.7 Å². The summed E-state index contributed by atoms with van der Waals surface area (Å²) in [4.78, 5) is 1.98. The van der Waals surface area contributed by atoms with Gasteiger partial charge in [0.25, 0.3) is 10.0 Å². The summed E-state index contributed by atoms with van der Waals surface area (Å²) >= 11 is 4.57. The van der Waals surface area contributed by atoms with Crippen LogP contribution in [0.15, 0.2) is 50.5 Å². The van der Waals surface area contributed by atoms with Gasteiger partial charge < -0.3 is 4.90 Å². The lowest BCUT2D eigenvalue weighted by Gasteiger charge is -2.23. The van der Waals surface area contributed by atoms with Crippen molar-refractivity contribution in [3.63, 3.8) is 0 Å². The normalized spacial score (nSPS) is 12.2. The lowest BCUT2D eigenvalue weighted by molar-refractivity contribution is 0.330. The third-order valence-corrected chi connectivity index (χ3v) is 7.08. The van der Waals surface area contributed by atoms with Crippen LogP contribution in [0.25, 0.3) is 0 Å². The molecule has 0 aliphatic rings. The van der Waals surface area contributed by atoms with E-state index in [-0.39, 0.29) is 0 Å². The van der Waals surface area contributed by atoms with Crippen molar-refractivity contribution in [1.29, 1.82) is 0 Å². The van der Waals surface area contributed by atoms with Gasteiger partial charge in [0.2, 0.25) is 0 Å². The van der Waals surface area contributed by atoms with Crippen LogP contribution in [-0.2, 0) is 16.6 Å². The number of likely N-dealkylation sites (N-methyl/N-ethyl adjacent to an activating group) is 1. The average Bonchev–Trinajstić information content (AvgIpc) is 2.91. The molecule has 7 heteroatoms. The van der Waals surface area contributed by atoms with Gasteiger partial charge in [-0.3, -0.25) is 0 Å². The number of nitrogens with zero attached hydrogens (tertiary/aromatic N) is 2. The Labute approximate surface area is 144 Å². The van der Waals surface area contributed by atoms with E-state index in [0.717, 1.165) is 9.35 Å². The smallest absolute Gasteiger partial charge is 0.252 e. The lowest BCUT2D eigenvalue weighted by Crippen LogP contribution is -2.35. The Bertz CT molecular complexity index is 699. The maximum Gasteiger partial charge on any atom is 0.252 e. The topological polar surface area (TPSA) is 40.6 Å². The summed E-state index contributed by atoms with van der Waals surface area (Å²) in [6.45, 7) is 1.52. The molecule has 1 heterocycles. The number of hydrogen-bond donors (Lipinski definition) is 0. The molecule has 1 aromatic heterocycles. The predicted octanol–water partition coefficient (Wildman–Crippen LogP) is 3.26. The third-order valence-electron chi connectivity index (χ3n) is 3.14. The van der Waals surface area contributed by atoms with Crippen LogP contribution in [0.5, 0.6) is 0 Å². The fourth-order valence-electron chi connectivity index (χ4n) is 1.95. The Hall–Kier alpha value is -0.730. The molecule has 0 unspecified atom stereocenters. The molecule has 1 aromatic carbocycles. The molecule has 0 spiro atoms. The minimum Gasteiger partial charge on any atom is -0.308 e. The van der Waals surface area contributed by atoms with E-state index in [0.29, 0.717) is 23.8 Å². The molecular weight excluding hydrogens is 384 g/mol. The Morgan fingerprint density at radius 1 is 1.05 bits per heavy atom. The van der Waals surface area contributed by atoms with Crippen molar-refractivity contribution < 1.29 is 8.42 Å². The number of thiophene rings is 1. The number of halogens is 1. The first-order valence-corrected chi connectivity index (χ1v) is 9.88. The van der Waals surface area contributed by atoms with E-state index in [2.05, 4.69) is 15.9 Å². The number of benzene rings is 1. The maximum absolute atomic E-state index is 12.9. The Morgan fingerprint density at radius 2 is 1.73 bits per heavy atom. The molecule has 0 amide bonds. The van der Waals surface area contributed by atoms with Crippen LogP contribution in [0.4, 0.5) is 0 Å². The molecule has 120 valence electrons. The van der Waals surface area contributed by atoms with Crippen LogP contribution < -0.4 is 0 Å². The van der Waals surface area contributed by atoms with Crippen molar-refractivity contribution in [3.8, 4) is 0 Å². The molecule has 0 fully saturated rings. The summed E-state index contributed by atoms with van der Waals surface area (Å²) in [5.74, 6) is 0. The first kappa shape index (κ1) is 17.6. The predicted molar refractivity (Wildman–Crippen MR) is 94.6 cm³/mol. The van der Waals surface area contributed by atoms with Crippen LogP contribution in [0.3, 0.4) is 0 Å². The van der Waals surface area contributed by atoms with Gasteiger partial charge in [-0.2, -0.15) is 4.31 Å². The van der Waals surface area contributed by atoms with Crippen molar-refractivity contribution in [2.45, 2.75) is 10.8 Å². The van der Waals surface area contributed by atoms with E-state index in [4.69, 9.17) is 0 Å². The summed E-state index contributed by atoms with van der Waals surface area (Å²) in [5, 5.41) is 0. The van der Waals surface area contributed by atoms with Gasteiger partial charge in [-0.15, -0.1) is 11.3 Å². The van der Waals surface area contributed by atoms with Crippen molar-refractivity contribution in [1.82, 2.24) is 9.21 Å². The van der Waals surface area contributed by atoms with Gasteiger partial charge in [0.05, 0.1) is 3.79 Å². The van der Waals surface area contributed by atoms with E-state index in [1.165, 1.54) is 11.3 Å². The number of hydrogen-bond acceptors (Lipinski definition) is 4. The fourth-order valence-corrected chi connectivity index (χ4v) is 5.53. The molecular formula is C15H19BrN2O2S2. The van der Waals surface area contributed by atoms with Gasteiger partial charge in [-0.1, -0.05) is 30.3 Å². The van der Waals surface area contributed by atoms with E-state index >= 15 is 0 Å². The molecule has 0 atom stereocenters. The zero-order valence-electron chi connectivity index (χ0n) is 12.6. The highest BCUT2D eigenvalue weighted by Crippen LogP contribution is 2.29. The van der Waals surface area contributed by atoms with Crippen molar-refractivity contribution in [3.05, 3.63) is 51.8 Å². The molecule has 0 aliphatic carbocycles. The van der Waals surface area contributed by atoms with Crippen LogP contribution in [0, 0.1) is 0 Å². The van der Waals surface area contributed by atoms with E-state index in [1.54, 1.807) is 16.4 Å². The first-order chi connectivity index (χ1) is 10.4. The van der Waals surface area contributed by atoms with Gasteiger partial charge >= 0.3 is 0 Å². The monoisotopic (exact) mass is 402 g/mol. The number of rotatable bonds is 7. The molecule has 0 saturated carbocycles. The molecule has 4 nitrogen and oxygen atoms in total. The van der Waals surface area contributed by atoms with Crippen molar-refractivity contribution in [2.24, 2.45) is 0 Å². The van der Waals surface area contributed by atoms with Crippen LogP contribution >= 0.6 is 27.3 Å². The van der Waals surface area contributed by atoms with E-state index in [1.807, 2.05) is 49.3 Å². The van der Waals surface area contributed by atoms with Crippen LogP contribution in [-0.4, -0.2) is 44.8 Å². The molecule has 0 N–H and O–H groups in total. The Balaban J connectivity index is 2.26. The van der Waals surface area contributed by atoms with Crippen LogP contribution in [0.1, 0.15) is 5.56 Å². The minimum absolute atomic E-state index is 0.370. The zero-order chi connectivity index (χ0) is 16.2. The van der Waals surface area contributed by atoms with E-state index < -0.39 is 10.0 Å². The summed E-state index contributed by atoms with van der Waals surface area (Å²) < 4.78 is 28.4. The largest absolute Gasteiger partial charge is 0.308 e. The Morgan fingerprint density at radius 3 is 2.27 bits per heavy atom. The van der Waals surface area contributed by atoms with Gasteiger partial charge in [0.1, 0.15) is 4.21 Å². The quantitative estimate of drug-likeness (QED) is 0.713. The highest BCUT2D eigenvalue weighted by Gasteiger charge is 2.26. The summed E-state index contributed by atoms with van der Waals surface area (Å²) in [6.07, 6.45) is 0. The summed E-state index contributed by atoms with van der Waals surface area (Å²) in [6, 6.07) is 13.1. The zero-order valence-corrected chi connectivity index (χ0v) is 15.8. The lowest BCUT2D eigenvalue weighted by atomic mass is 10.2. The van der Waals surface area contributed by atoms with Gasteiger partial charge in [0.15, 0.2) is 0 Å². The molecule has 22 heavy (non-hydrogen) atoms. The van der Waals surface area contributed by atoms with E-state index in [9.17, 15) is 8.42 Å². The van der Waals surface area contributed by atoms with Gasteiger partial charge in [0, 0.05) is 19.6 Å². The summed E-state index contributed by atoms with van der Waals surface area (Å²) in [5.41, 5.74) is 0.987.